The van der Waals surface area contributed by atoms with Crippen LogP contribution in [0.5, 0.6) is 0 Å². The van der Waals surface area contributed by atoms with Crippen molar-refractivity contribution in [2.75, 3.05) is 24.4 Å². The molecule has 1 aliphatic heterocycles. The lowest BCUT2D eigenvalue weighted by atomic mass is 9.89. The molecule has 1 saturated heterocycles. The summed E-state index contributed by atoms with van der Waals surface area (Å²) < 4.78 is 133. The molecule has 1 aliphatic rings. The van der Waals surface area contributed by atoms with Crippen molar-refractivity contribution in [3.63, 3.8) is 0 Å². The van der Waals surface area contributed by atoms with Gasteiger partial charge in [0, 0.05) is 61.0 Å². The van der Waals surface area contributed by atoms with Crippen molar-refractivity contribution in [2.24, 2.45) is 0 Å². The Bertz CT molecular complexity index is 1860. The average Bonchev–Trinajstić information content (AvgIpc) is 2.99. The van der Waals surface area contributed by atoms with Crippen molar-refractivity contribution in [3.8, 4) is 0 Å². The summed E-state index contributed by atoms with van der Waals surface area (Å²) in [5.74, 6) is -3.40. The lowest BCUT2D eigenvalue weighted by molar-refractivity contribution is -0.155. The van der Waals surface area contributed by atoms with Gasteiger partial charge >= 0.3 is 12.1 Å². The maximum atomic E-state index is 14.2. The van der Waals surface area contributed by atoms with E-state index in [1.807, 2.05) is 0 Å². The van der Waals surface area contributed by atoms with Crippen LogP contribution in [-0.2, 0) is 15.7 Å². The molecular weight excluding hydrogens is 611 g/mol. The number of anilines is 1. The minimum atomic E-state index is -4.78. The molecule has 3 aromatic rings. The summed E-state index contributed by atoms with van der Waals surface area (Å²) in [6.45, 7) is -1.49. The summed E-state index contributed by atoms with van der Waals surface area (Å²) in [7, 11) is 0. The standard InChI is InChI=1S/C32H37BrF3N3O3/c1-20-28(24-18-22(33)13-14-26(24)38-29(20)39-16-8-5-9-17-39)30(41)37-19-21(12-15-27(40)42-31(2,3)4)23-10-6-7-11-25(23)32(34,35)36/h6-7,10-11,13-14,18,21H,5,8-9,12,15-17,19H2,1-4H3,(H,37,41)/i5D2,8D2,9D2,16D2,17D2. The Kier molecular flexibility index (Phi) is 6.42. The van der Waals surface area contributed by atoms with Gasteiger partial charge in [0.2, 0.25) is 0 Å². The van der Waals surface area contributed by atoms with E-state index in [4.69, 9.17) is 18.4 Å². The van der Waals surface area contributed by atoms with E-state index < -0.39 is 79.6 Å². The maximum Gasteiger partial charge on any atom is 0.416 e. The van der Waals surface area contributed by atoms with Crippen LogP contribution in [0.25, 0.3) is 10.9 Å². The van der Waals surface area contributed by atoms with Gasteiger partial charge < -0.3 is 15.0 Å². The molecule has 0 aliphatic carbocycles. The average molecular weight is 659 g/mol. The number of benzene rings is 2. The van der Waals surface area contributed by atoms with Gasteiger partial charge in [0.15, 0.2) is 0 Å². The van der Waals surface area contributed by atoms with Crippen LogP contribution in [0.15, 0.2) is 46.9 Å². The molecule has 0 bridgehead atoms. The van der Waals surface area contributed by atoms with Gasteiger partial charge in [-0.2, -0.15) is 13.2 Å². The van der Waals surface area contributed by atoms with Crippen molar-refractivity contribution in [1.29, 1.82) is 0 Å². The summed E-state index contributed by atoms with van der Waals surface area (Å²) >= 11 is 3.31. The lowest BCUT2D eigenvalue weighted by Gasteiger charge is -2.30. The first kappa shape index (κ1) is 20.7. The Labute approximate surface area is 267 Å². The van der Waals surface area contributed by atoms with Crippen molar-refractivity contribution >= 4 is 44.5 Å². The molecule has 1 fully saturated rings. The molecule has 42 heavy (non-hydrogen) atoms. The molecule has 226 valence electrons. The number of hydrogen-bond donors (Lipinski definition) is 1. The highest BCUT2D eigenvalue weighted by Crippen LogP contribution is 2.37. The van der Waals surface area contributed by atoms with Gasteiger partial charge in [-0.3, -0.25) is 9.59 Å². The van der Waals surface area contributed by atoms with Crippen LogP contribution in [0.2, 0.25) is 0 Å². The first-order valence-electron chi connectivity index (χ1n) is 18.1. The van der Waals surface area contributed by atoms with Gasteiger partial charge in [0.05, 0.1) is 16.6 Å². The number of alkyl halides is 3. The molecule has 1 amide bonds. The van der Waals surface area contributed by atoms with E-state index in [1.165, 1.54) is 43.3 Å². The van der Waals surface area contributed by atoms with E-state index in [2.05, 4.69) is 26.2 Å². The molecule has 10 heteroatoms. The molecule has 1 N–H and O–H groups in total. The predicted molar refractivity (Wildman–Crippen MR) is 162 cm³/mol. The number of fused-ring (bicyclic) bond motifs is 1. The Morgan fingerprint density at radius 2 is 1.81 bits per heavy atom. The van der Waals surface area contributed by atoms with E-state index in [1.54, 1.807) is 20.8 Å². The third-order valence-corrected chi connectivity index (χ3v) is 6.89. The monoisotopic (exact) mass is 657 g/mol. The number of nitrogens with zero attached hydrogens (tertiary/aromatic N) is 2. The number of ether oxygens (including phenoxy) is 1. The van der Waals surface area contributed by atoms with Gasteiger partial charge in [-0.1, -0.05) is 34.1 Å². The van der Waals surface area contributed by atoms with E-state index in [0.717, 1.165) is 6.07 Å². The minimum Gasteiger partial charge on any atom is -0.460 e. The number of carbonyl (C=O) groups excluding carboxylic acids is 2. The number of nitrogens with one attached hydrogen (secondary N) is 1. The van der Waals surface area contributed by atoms with Gasteiger partial charge in [0.25, 0.3) is 5.91 Å². The highest BCUT2D eigenvalue weighted by atomic mass is 79.9. The van der Waals surface area contributed by atoms with Crippen LogP contribution in [-0.4, -0.2) is 42.0 Å². The second-order valence-electron chi connectivity index (χ2n) is 10.6. The number of pyridine rings is 1. The zero-order chi connectivity index (χ0) is 39.6. The van der Waals surface area contributed by atoms with Crippen molar-refractivity contribution in [2.45, 2.75) is 77.4 Å². The highest BCUT2D eigenvalue weighted by Gasteiger charge is 2.35. The van der Waals surface area contributed by atoms with Gasteiger partial charge in [-0.05, 0) is 83.1 Å². The number of rotatable bonds is 8. The second-order valence-corrected chi connectivity index (χ2v) is 11.6. The SMILES string of the molecule is [2H]C1([2H])N(c2nc3ccc(Br)cc3c(C(=O)NCC(CCC(=O)OC(C)(C)C)c3ccccc3C(F)(F)F)c2C)C([2H])([2H])C([2H])([2H])C([2H])([2H])C1([2H])[2H]. The van der Waals surface area contributed by atoms with Crippen molar-refractivity contribution in [3.05, 3.63) is 69.2 Å². The number of piperidine rings is 1. The number of esters is 1. The van der Waals surface area contributed by atoms with Crippen LogP contribution in [0, 0.1) is 6.92 Å². The number of halogens is 4. The second kappa shape index (κ2) is 13.0. The van der Waals surface area contributed by atoms with E-state index in [-0.39, 0.29) is 45.3 Å². The largest absolute Gasteiger partial charge is 0.460 e. The normalized spacial score (nSPS) is 24.5. The van der Waals surface area contributed by atoms with Crippen molar-refractivity contribution in [1.82, 2.24) is 10.3 Å². The molecule has 0 spiro atoms. The Balaban J connectivity index is 1.85. The lowest BCUT2D eigenvalue weighted by Crippen LogP contribution is -2.33. The van der Waals surface area contributed by atoms with Gasteiger partial charge in [-0.15, -0.1) is 0 Å². The van der Waals surface area contributed by atoms with Gasteiger partial charge in [-0.25, -0.2) is 4.98 Å². The topological polar surface area (TPSA) is 71.5 Å². The van der Waals surface area contributed by atoms with Crippen LogP contribution < -0.4 is 10.2 Å². The van der Waals surface area contributed by atoms with E-state index >= 15 is 0 Å². The molecule has 2 aromatic carbocycles. The number of amides is 1. The zero-order valence-corrected chi connectivity index (χ0v) is 25.0. The quantitative estimate of drug-likeness (QED) is 0.249. The molecule has 6 nitrogen and oxygen atoms in total. The molecule has 0 radical (unpaired) electrons. The molecular formula is C32H37BrF3N3O3. The summed E-state index contributed by atoms with van der Waals surface area (Å²) in [4.78, 5) is 31.2. The summed E-state index contributed by atoms with van der Waals surface area (Å²) in [6.07, 6.45) is -16.3. The molecule has 4 rings (SSSR count). The van der Waals surface area contributed by atoms with Crippen molar-refractivity contribution < 1.29 is 41.2 Å². The maximum absolute atomic E-state index is 14.2. The Morgan fingerprint density at radius 1 is 1.12 bits per heavy atom. The minimum absolute atomic E-state index is 0.0425. The van der Waals surface area contributed by atoms with E-state index in [0.29, 0.717) is 4.47 Å². The third-order valence-electron chi connectivity index (χ3n) is 6.40. The smallest absolute Gasteiger partial charge is 0.416 e. The Morgan fingerprint density at radius 3 is 2.48 bits per heavy atom. The fourth-order valence-electron chi connectivity index (χ4n) is 4.63. The molecule has 0 saturated carbocycles. The first-order valence-corrected chi connectivity index (χ1v) is 13.9. The van der Waals surface area contributed by atoms with E-state index in [9.17, 15) is 22.8 Å². The summed E-state index contributed by atoms with van der Waals surface area (Å²) in [6, 6.07) is 9.03. The fraction of sp³-hybridized carbons (Fsp3) is 0.469. The van der Waals surface area contributed by atoms with Gasteiger partial charge in [0.1, 0.15) is 11.4 Å². The summed E-state index contributed by atoms with van der Waals surface area (Å²) in [5, 5.41) is 2.72. The zero-order valence-electron chi connectivity index (χ0n) is 33.4. The number of carbonyl (C=O) groups is 2. The first-order chi connectivity index (χ1) is 23.5. The molecule has 1 atom stereocenters. The molecule has 1 unspecified atom stereocenters. The number of hydrogen-bond acceptors (Lipinski definition) is 5. The third kappa shape index (κ3) is 7.82. The summed E-state index contributed by atoms with van der Waals surface area (Å²) in [5.41, 5.74) is -2.61. The Hall–Kier alpha value is -3.14. The highest BCUT2D eigenvalue weighted by molar-refractivity contribution is 9.10. The van der Waals surface area contributed by atoms with Crippen LogP contribution >= 0.6 is 15.9 Å². The fourth-order valence-corrected chi connectivity index (χ4v) is 4.99. The molecule has 2 heterocycles. The predicted octanol–water partition coefficient (Wildman–Crippen LogP) is 7.95. The van der Waals surface area contributed by atoms with Crippen LogP contribution in [0.3, 0.4) is 0 Å². The van der Waals surface area contributed by atoms with Crippen LogP contribution in [0.1, 0.15) is 99.4 Å². The molecule has 1 aromatic heterocycles. The van der Waals surface area contributed by atoms with Crippen LogP contribution in [0.4, 0.5) is 19.0 Å². The number of aromatic nitrogens is 1.